The highest BCUT2D eigenvalue weighted by Crippen LogP contribution is 1.89. The smallest absolute Gasteiger partial charge is 0.139 e. The molecular weight excluding hydrogens is 164 g/mol. The second kappa shape index (κ2) is 9.26. The number of hydrogen-bond acceptors (Lipinski definition) is 3. The van der Waals surface area contributed by atoms with E-state index in [1.165, 1.54) is 0 Å². The van der Waals surface area contributed by atoms with Crippen molar-refractivity contribution >= 4 is 6.29 Å². The normalized spacial score (nSPS) is 11.4. The molecule has 0 aliphatic heterocycles. The molecule has 0 aromatic carbocycles. The van der Waals surface area contributed by atoms with E-state index >= 15 is 0 Å². The highest BCUT2D eigenvalue weighted by Gasteiger charge is 1.93. The lowest BCUT2D eigenvalue weighted by molar-refractivity contribution is -0.107. The number of carbonyl (C=O) groups is 1. The van der Waals surface area contributed by atoms with Crippen molar-refractivity contribution < 1.29 is 4.79 Å². The molecule has 0 fully saturated rings. The molecule has 0 radical (unpaired) electrons. The van der Waals surface area contributed by atoms with Gasteiger partial charge in [-0.2, -0.15) is 0 Å². The van der Waals surface area contributed by atoms with Gasteiger partial charge in [0, 0.05) is 12.2 Å². The fourth-order valence-corrected chi connectivity index (χ4v) is 1.03. The third-order valence-corrected chi connectivity index (χ3v) is 1.61. The van der Waals surface area contributed by atoms with Crippen LogP contribution in [0.3, 0.4) is 0 Å². The van der Waals surface area contributed by atoms with E-state index in [0.717, 1.165) is 37.9 Å². The van der Waals surface area contributed by atoms with E-state index in [1.54, 1.807) is 0 Å². The lowest BCUT2D eigenvalue weighted by Crippen LogP contribution is -2.26. The third kappa shape index (κ3) is 7.53. The van der Waals surface area contributed by atoms with E-state index in [-0.39, 0.29) is 0 Å². The highest BCUT2D eigenvalue weighted by molar-refractivity contribution is 5.52. The first-order chi connectivity index (χ1) is 6.35. The Kier molecular flexibility index (Phi) is 8.67. The van der Waals surface area contributed by atoms with E-state index in [4.69, 9.17) is 0 Å². The Hall–Kier alpha value is -0.830. The second-order valence-electron chi connectivity index (χ2n) is 2.86. The predicted molar refractivity (Wildman–Crippen MR) is 55.6 cm³/mol. The van der Waals surface area contributed by atoms with Crippen molar-refractivity contribution in [2.75, 3.05) is 19.6 Å². The van der Waals surface area contributed by atoms with Crippen molar-refractivity contribution in [3.63, 3.8) is 0 Å². The van der Waals surface area contributed by atoms with Gasteiger partial charge in [0.15, 0.2) is 0 Å². The molecule has 13 heavy (non-hydrogen) atoms. The predicted octanol–water partition coefficient (Wildman–Crippen LogP) is 1.07. The van der Waals surface area contributed by atoms with Crippen molar-refractivity contribution in [1.82, 2.24) is 10.6 Å². The van der Waals surface area contributed by atoms with Crippen molar-refractivity contribution in [2.45, 2.75) is 26.7 Å². The first-order valence-electron chi connectivity index (χ1n) is 4.92. The molecule has 0 heterocycles. The molecule has 0 saturated carbocycles. The summed E-state index contributed by atoms with van der Waals surface area (Å²) >= 11 is 0. The Labute approximate surface area is 80.6 Å². The van der Waals surface area contributed by atoms with Gasteiger partial charge in [-0.15, -0.1) is 0 Å². The van der Waals surface area contributed by atoms with Gasteiger partial charge in [0.05, 0.1) is 6.54 Å². The number of nitrogens with one attached hydrogen (secondary N) is 2. The van der Waals surface area contributed by atoms with E-state index in [1.807, 2.05) is 0 Å². The van der Waals surface area contributed by atoms with Crippen LogP contribution in [0.15, 0.2) is 11.8 Å². The first-order valence-corrected chi connectivity index (χ1v) is 4.92. The van der Waals surface area contributed by atoms with Crippen LogP contribution in [0.5, 0.6) is 0 Å². The van der Waals surface area contributed by atoms with Crippen LogP contribution in [0, 0.1) is 0 Å². The standard InChI is InChI=1S/C10H20N2O/c1-3-5-10(12-7-8-13)9-11-6-4-2/h5,8,11-12H,3-4,6-7,9H2,1-2H3/b10-5-. The summed E-state index contributed by atoms with van der Waals surface area (Å²) in [6, 6.07) is 0. The van der Waals surface area contributed by atoms with E-state index < -0.39 is 0 Å². The Morgan fingerprint density at radius 1 is 1.38 bits per heavy atom. The largest absolute Gasteiger partial charge is 0.381 e. The summed E-state index contributed by atoms with van der Waals surface area (Å²) in [7, 11) is 0. The van der Waals surface area contributed by atoms with Gasteiger partial charge in [0.1, 0.15) is 6.29 Å². The minimum absolute atomic E-state index is 0.402. The van der Waals surface area contributed by atoms with Crippen LogP contribution in [0.1, 0.15) is 26.7 Å². The molecular formula is C10H20N2O. The Balaban J connectivity index is 3.67. The van der Waals surface area contributed by atoms with Crippen LogP contribution in [0.25, 0.3) is 0 Å². The lowest BCUT2D eigenvalue weighted by Gasteiger charge is -2.09. The summed E-state index contributed by atoms with van der Waals surface area (Å²) in [6.07, 6.45) is 5.11. The number of carbonyl (C=O) groups excluding carboxylic acids is 1. The van der Waals surface area contributed by atoms with Gasteiger partial charge in [-0.3, -0.25) is 0 Å². The van der Waals surface area contributed by atoms with Gasteiger partial charge in [0.25, 0.3) is 0 Å². The number of rotatable bonds is 8. The second-order valence-corrected chi connectivity index (χ2v) is 2.86. The Bertz CT molecular complexity index is 155. The maximum atomic E-state index is 10.1. The van der Waals surface area contributed by atoms with Crippen LogP contribution in [0.4, 0.5) is 0 Å². The van der Waals surface area contributed by atoms with Crippen molar-refractivity contribution in [3.8, 4) is 0 Å². The minimum atomic E-state index is 0.402. The summed E-state index contributed by atoms with van der Waals surface area (Å²) < 4.78 is 0. The van der Waals surface area contributed by atoms with E-state index in [2.05, 4.69) is 30.6 Å². The SMILES string of the molecule is CC/C=C(/CNCCC)NCC=O. The monoisotopic (exact) mass is 184 g/mol. The van der Waals surface area contributed by atoms with Crippen LogP contribution in [-0.2, 0) is 4.79 Å². The number of allylic oxidation sites excluding steroid dienone is 1. The molecule has 0 saturated heterocycles. The Morgan fingerprint density at radius 2 is 2.15 bits per heavy atom. The van der Waals surface area contributed by atoms with Crippen LogP contribution in [0.2, 0.25) is 0 Å². The van der Waals surface area contributed by atoms with Crippen molar-refractivity contribution in [3.05, 3.63) is 11.8 Å². The molecule has 0 bridgehead atoms. The fraction of sp³-hybridized carbons (Fsp3) is 0.700. The highest BCUT2D eigenvalue weighted by atomic mass is 16.1. The first kappa shape index (κ1) is 12.2. The topological polar surface area (TPSA) is 41.1 Å². The van der Waals surface area contributed by atoms with E-state index in [9.17, 15) is 4.79 Å². The molecule has 3 nitrogen and oxygen atoms in total. The summed E-state index contributed by atoms with van der Waals surface area (Å²) in [5.74, 6) is 0. The fourth-order valence-electron chi connectivity index (χ4n) is 1.03. The molecule has 0 spiro atoms. The molecule has 76 valence electrons. The average molecular weight is 184 g/mol. The van der Waals surface area contributed by atoms with Gasteiger partial charge in [-0.05, 0) is 19.4 Å². The summed E-state index contributed by atoms with van der Waals surface area (Å²) in [5.41, 5.74) is 1.11. The molecule has 0 aliphatic carbocycles. The average Bonchev–Trinajstić information content (AvgIpc) is 2.14. The summed E-state index contributed by atoms with van der Waals surface area (Å²) in [4.78, 5) is 10.1. The minimum Gasteiger partial charge on any atom is -0.381 e. The molecule has 0 unspecified atom stereocenters. The summed E-state index contributed by atoms with van der Waals surface area (Å²) in [5, 5.41) is 6.34. The zero-order chi connectivity index (χ0) is 9.94. The van der Waals surface area contributed by atoms with Crippen LogP contribution < -0.4 is 10.6 Å². The van der Waals surface area contributed by atoms with Crippen LogP contribution in [-0.4, -0.2) is 25.9 Å². The zero-order valence-corrected chi connectivity index (χ0v) is 8.60. The van der Waals surface area contributed by atoms with Gasteiger partial charge >= 0.3 is 0 Å². The number of aldehydes is 1. The van der Waals surface area contributed by atoms with Crippen molar-refractivity contribution in [1.29, 1.82) is 0 Å². The third-order valence-electron chi connectivity index (χ3n) is 1.61. The Morgan fingerprint density at radius 3 is 2.69 bits per heavy atom. The van der Waals surface area contributed by atoms with Crippen LogP contribution >= 0.6 is 0 Å². The maximum absolute atomic E-state index is 10.1. The van der Waals surface area contributed by atoms with Gasteiger partial charge in [0.2, 0.25) is 0 Å². The molecule has 0 amide bonds. The summed E-state index contributed by atoms with van der Waals surface area (Å²) in [6.45, 7) is 6.47. The molecule has 0 aromatic rings. The van der Waals surface area contributed by atoms with E-state index in [0.29, 0.717) is 6.54 Å². The molecule has 2 N–H and O–H groups in total. The maximum Gasteiger partial charge on any atom is 0.139 e. The zero-order valence-electron chi connectivity index (χ0n) is 8.60. The molecule has 0 atom stereocenters. The number of hydrogen-bond donors (Lipinski definition) is 2. The van der Waals surface area contributed by atoms with Gasteiger partial charge in [-0.1, -0.05) is 19.9 Å². The lowest BCUT2D eigenvalue weighted by atomic mass is 10.3. The van der Waals surface area contributed by atoms with Crippen molar-refractivity contribution in [2.24, 2.45) is 0 Å². The van der Waals surface area contributed by atoms with Gasteiger partial charge < -0.3 is 15.4 Å². The quantitative estimate of drug-likeness (QED) is 0.438. The molecule has 0 aliphatic rings. The molecule has 0 rings (SSSR count). The van der Waals surface area contributed by atoms with Gasteiger partial charge in [-0.25, -0.2) is 0 Å². The molecule has 0 aromatic heterocycles. The molecule has 3 heteroatoms.